The van der Waals surface area contributed by atoms with Crippen LogP contribution in [-0.2, 0) is 11.3 Å². The summed E-state index contributed by atoms with van der Waals surface area (Å²) in [6.45, 7) is 5.48. The van der Waals surface area contributed by atoms with Crippen LogP contribution in [0.4, 0.5) is 10.1 Å². The molecule has 0 unspecified atom stereocenters. The van der Waals surface area contributed by atoms with Gasteiger partial charge in [-0.1, -0.05) is 6.07 Å². The van der Waals surface area contributed by atoms with Gasteiger partial charge in [-0.05, 0) is 44.4 Å². The predicted octanol–water partition coefficient (Wildman–Crippen LogP) is 2.89. The van der Waals surface area contributed by atoms with Gasteiger partial charge in [0.05, 0.1) is 6.61 Å². The minimum atomic E-state index is -0.0751. The quantitative estimate of drug-likeness (QED) is 0.830. The molecule has 0 N–H and O–H groups in total. The topological polar surface area (TPSA) is 15.7 Å². The van der Waals surface area contributed by atoms with E-state index in [0.29, 0.717) is 12.5 Å². The summed E-state index contributed by atoms with van der Waals surface area (Å²) in [4.78, 5) is 4.56. The summed E-state index contributed by atoms with van der Waals surface area (Å²) in [6.07, 6.45) is 3.55. The molecule has 0 amide bonds. The zero-order valence-electron chi connectivity index (χ0n) is 12.9. The van der Waals surface area contributed by atoms with Crippen LogP contribution in [0.5, 0.6) is 0 Å². The van der Waals surface area contributed by atoms with Crippen LogP contribution in [0.15, 0.2) is 18.2 Å². The van der Waals surface area contributed by atoms with Crippen molar-refractivity contribution in [1.29, 1.82) is 0 Å². The van der Waals surface area contributed by atoms with Crippen molar-refractivity contribution in [2.75, 3.05) is 44.8 Å². The Kier molecular flexibility index (Phi) is 4.76. The van der Waals surface area contributed by atoms with Gasteiger partial charge in [0, 0.05) is 44.0 Å². The van der Waals surface area contributed by atoms with Crippen LogP contribution in [-0.4, -0.2) is 44.8 Å². The number of ether oxygens (including phenoxy) is 1. The van der Waals surface area contributed by atoms with Gasteiger partial charge in [-0.2, -0.15) is 0 Å². The molecule has 0 aliphatic carbocycles. The highest BCUT2D eigenvalue weighted by atomic mass is 19.1. The first-order chi connectivity index (χ1) is 10.2. The average molecular weight is 292 g/mol. The van der Waals surface area contributed by atoms with Crippen molar-refractivity contribution in [3.63, 3.8) is 0 Å². The van der Waals surface area contributed by atoms with Crippen LogP contribution in [0.25, 0.3) is 0 Å². The van der Waals surface area contributed by atoms with E-state index >= 15 is 0 Å². The molecular weight excluding hydrogens is 267 g/mol. The molecule has 0 bridgehead atoms. The lowest BCUT2D eigenvalue weighted by atomic mass is 10.1. The molecule has 2 aliphatic heterocycles. The highest BCUT2D eigenvalue weighted by Crippen LogP contribution is 2.28. The number of halogens is 1. The van der Waals surface area contributed by atoms with Crippen molar-refractivity contribution in [2.24, 2.45) is 5.92 Å². The molecule has 2 saturated heterocycles. The molecule has 1 atom stereocenters. The molecule has 21 heavy (non-hydrogen) atoms. The lowest BCUT2D eigenvalue weighted by Gasteiger charge is -2.26. The first-order valence-corrected chi connectivity index (χ1v) is 8.02. The lowest BCUT2D eigenvalue weighted by Crippen LogP contribution is -2.28. The van der Waals surface area contributed by atoms with Crippen LogP contribution < -0.4 is 4.90 Å². The van der Waals surface area contributed by atoms with Gasteiger partial charge in [0.15, 0.2) is 0 Å². The minimum absolute atomic E-state index is 0.0751. The van der Waals surface area contributed by atoms with Gasteiger partial charge in [-0.25, -0.2) is 4.39 Å². The maximum absolute atomic E-state index is 14.3. The molecule has 0 saturated carbocycles. The van der Waals surface area contributed by atoms with Gasteiger partial charge >= 0.3 is 0 Å². The molecule has 1 aromatic carbocycles. The second kappa shape index (κ2) is 6.75. The van der Waals surface area contributed by atoms with Gasteiger partial charge in [0.2, 0.25) is 0 Å². The molecule has 2 heterocycles. The molecule has 1 aromatic rings. The Bertz CT molecular complexity index is 468. The number of benzene rings is 1. The van der Waals surface area contributed by atoms with Crippen LogP contribution in [0.2, 0.25) is 0 Å². The highest BCUT2D eigenvalue weighted by Gasteiger charge is 2.21. The van der Waals surface area contributed by atoms with E-state index in [1.165, 1.54) is 12.8 Å². The van der Waals surface area contributed by atoms with E-state index in [1.807, 2.05) is 6.07 Å². The molecule has 116 valence electrons. The Labute approximate surface area is 126 Å². The summed E-state index contributed by atoms with van der Waals surface area (Å²) in [6, 6.07) is 5.48. The normalized spacial score (nSPS) is 22.4. The molecule has 2 fully saturated rings. The predicted molar refractivity (Wildman–Crippen MR) is 83.1 cm³/mol. The molecule has 0 spiro atoms. The Morgan fingerprint density at radius 1 is 1.33 bits per heavy atom. The van der Waals surface area contributed by atoms with Gasteiger partial charge in [0.25, 0.3) is 0 Å². The first-order valence-electron chi connectivity index (χ1n) is 8.02. The fraction of sp³-hybridized carbons (Fsp3) is 0.647. The van der Waals surface area contributed by atoms with Crippen LogP contribution in [0, 0.1) is 11.7 Å². The second-order valence-corrected chi connectivity index (χ2v) is 6.36. The SMILES string of the molecule is CN(Cc1c(F)cccc1N1CCCC1)C[C@@H]1CCOC1. The third-order valence-electron chi connectivity index (χ3n) is 4.56. The number of nitrogens with zero attached hydrogens (tertiary/aromatic N) is 2. The Morgan fingerprint density at radius 3 is 2.86 bits per heavy atom. The number of hydrogen-bond acceptors (Lipinski definition) is 3. The summed E-state index contributed by atoms with van der Waals surface area (Å²) in [5.74, 6) is 0.519. The highest BCUT2D eigenvalue weighted by molar-refractivity contribution is 5.54. The summed E-state index contributed by atoms with van der Waals surface area (Å²) in [5.41, 5.74) is 1.93. The molecule has 0 aromatic heterocycles. The van der Waals surface area contributed by atoms with E-state index in [0.717, 1.165) is 50.5 Å². The summed E-state index contributed by atoms with van der Waals surface area (Å²) in [5, 5.41) is 0. The van der Waals surface area contributed by atoms with Crippen LogP contribution in [0.3, 0.4) is 0 Å². The van der Waals surface area contributed by atoms with Gasteiger partial charge in [-0.15, -0.1) is 0 Å². The van der Waals surface area contributed by atoms with E-state index in [4.69, 9.17) is 4.74 Å². The van der Waals surface area contributed by atoms with E-state index in [2.05, 4.69) is 22.9 Å². The lowest BCUT2D eigenvalue weighted by molar-refractivity contribution is 0.172. The van der Waals surface area contributed by atoms with Crippen molar-refractivity contribution >= 4 is 5.69 Å². The number of anilines is 1. The Morgan fingerprint density at radius 2 is 2.14 bits per heavy atom. The van der Waals surface area contributed by atoms with Crippen molar-refractivity contribution in [1.82, 2.24) is 4.90 Å². The maximum atomic E-state index is 14.3. The first kappa shape index (κ1) is 14.8. The Balaban J connectivity index is 1.70. The van der Waals surface area contributed by atoms with E-state index in [-0.39, 0.29) is 5.82 Å². The largest absolute Gasteiger partial charge is 0.381 e. The maximum Gasteiger partial charge on any atom is 0.129 e. The third-order valence-corrected chi connectivity index (χ3v) is 4.56. The van der Waals surface area contributed by atoms with Crippen molar-refractivity contribution < 1.29 is 9.13 Å². The number of rotatable bonds is 5. The smallest absolute Gasteiger partial charge is 0.129 e. The van der Waals surface area contributed by atoms with E-state index in [9.17, 15) is 4.39 Å². The fourth-order valence-corrected chi connectivity index (χ4v) is 3.46. The molecule has 3 rings (SSSR count). The average Bonchev–Trinajstić information content (AvgIpc) is 3.13. The van der Waals surface area contributed by atoms with E-state index < -0.39 is 0 Å². The zero-order valence-corrected chi connectivity index (χ0v) is 12.9. The van der Waals surface area contributed by atoms with Crippen molar-refractivity contribution in [2.45, 2.75) is 25.8 Å². The number of hydrogen-bond donors (Lipinski definition) is 0. The van der Waals surface area contributed by atoms with E-state index in [1.54, 1.807) is 6.07 Å². The van der Waals surface area contributed by atoms with Gasteiger partial charge in [-0.3, -0.25) is 0 Å². The molecule has 0 radical (unpaired) electrons. The van der Waals surface area contributed by atoms with Gasteiger partial charge < -0.3 is 14.5 Å². The van der Waals surface area contributed by atoms with Crippen LogP contribution >= 0.6 is 0 Å². The summed E-state index contributed by atoms with van der Waals surface area (Å²) in [7, 11) is 2.08. The molecule has 4 heteroatoms. The van der Waals surface area contributed by atoms with Crippen molar-refractivity contribution in [3.05, 3.63) is 29.6 Å². The minimum Gasteiger partial charge on any atom is -0.381 e. The molecular formula is C17H25FN2O. The van der Waals surface area contributed by atoms with Crippen LogP contribution in [0.1, 0.15) is 24.8 Å². The standard InChI is InChI=1S/C17H25FN2O/c1-19(11-14-7-10-21-13-14)12-15-16(18)5-4-6-17(15)20-8-2-3-9-20/h4-6,14H,2-3,7-13H2,1H3/t14-/m0/s1. The monoisotopic (exact) mass is 292 g/mol. The molecule has 3 nitrogen and oxygen atoms in total. The van der Waals surface area contributed by atoms with Crippen molar-refractivity contribution in [3.8, 4) is 0 Å². The fourth-order valence-electron chi connectivity index (χ4n) is 3.46. The van der Waals surface area contributed by atoms with Gasteiger partial charge in [0.1, 0.15) is 5.82 Å². The molecule has 2 aliphatic rings. The third kappa shape index (κ3) is 3.55. The summed E-state index contributed by atoms with van der Waals surface area (Å²) >= 11 is 0. The Hall–Kier alpha value is -1.13. The zero-order chi connectivity index (χ0) is 14.7. The second-order valence-electron chi connectivity index (χ2n) is 6.36. The summed E-state index contributed by atoms with van der Waals surface area (Å²) < 4.78 is 19.7.